The molecule has 0 radical (unpaired) electrons. The SMILES string of the molecule is C.C#CCCC(C)c1cccc2ccccc12.CC(CCC#Cc1cccc(C(F)(F)F)c1)c1cccc2ccccc12.Cc1cccc(C(F)(F)F)c1.[I][V]([I])[I]. The zero-order valence-corrected chi connectivity index (χ0v) is 39.5. The van der Waals surface area contributed by atoms with Gasteiger partial charge in [0.1, 0.15) is 0 Å². The molecule has 0 fully saturated rings. The summed E-state index contributed by atoms with van der Waals surface area (Å²) in [4.78, 5) is -0.278. The Morgan fingerprint density at radius 1 is 0.586 bits per heavy atom. The first-order chi connectivity index (χ1) is 27.0. The Labute approximate surface area is 378 Å². The molecule has 0 heterocycles. The number of fused-ring (bicyclic) bond motifs is 2. The second kappa shape index (κ2) is 25.8. The van der Waals surface area contributed by atoms with E-state index in [0.29, 0.717) is 29.4 Å². The summed E-state index contributed by atoms with van der Waals surface area (Å²) in [5.74, 6) is 9.44. The number of alkyl halides is 6. The van der Waals surface area contributed by atoms with Crippen molar-refractivity contribution < 1.29 is 31.3 Å². The molecule has 0 aliphatic rings. The summed E-state index contributed by atoms with van der Waals surface area (Å²) in [7, 11) is 0. The molecule has 2 unspecified atom stereocenters. The molecule has 58 heavy (non-hydrogen) atoms. The van der Waals surface area contributed by atoms with Crippen LogP contribution in [0.5, 0.6) is 0 Å². The Balaban J connectivity index is 0.000000309. The van der Waals surface area contributed by atoms with E-state index >= 15 is 0 Å². The van der Waals surface area contributed by atoms with Crippen LogP contribution in [0.4, 0.5) is 26.3 Å². The zero-order valence-electron chi connectivity index (χ0n) is 31.6. The summed E-state index contributed by atoms with van der Waals surface area (Å²) < 4.78 is 74.1. The van der Waals surface area contributed by atoms with Crippen LogP contribution in [-0.2, 0) is 17.3 Å². The molecule has 6 aromatic rings. The van der Waals surface area contributed by atoms with Gasteiger partial charge in [-0.15, -0.1) is 12.3 Å². The molecular weight excluding hydrogens is 1120 g/mol. The van der Waals surface area contributed by atoms with Gasteiger partial charge in [0.2, 0.25) is 0 Å². The first-order valence-electron chi connectivity index (χ1n) is 18.0. The predicted molar refractivity (Wildman–Crippen MR) is 255 cm³/mol. The predicted octanol–water partition coefficient (Wildman–Crippen LogP) is 17.5. The van der Waals surface area contributed by atoms with Gasteiger partial charge in [0.05, 0.1) is 11.1 Å². The second-order valence-corrected chi connectivity index (χ2v) is 48.5. The third-order valence-corrected chi connectivity index (χ3v) is 8.90. The van der Waals surface area contributed by atoms with E-state index in [1.165, 1.54) is 44.8 Å². The molecule has 306 valence electrons. The number of hydrogen-bond acceptors (Lipinski definition) is 0. The molecule has 10 heteroatoms. The fraction of sp³-hybridized carbons (Fsp3) is 0.250. The van der Waals surface area contributed by atoms with Crippen LogP contribution in [0, 0.1) is 31.1 Å². The zero-order chi connectivity index (χ0) is 42.0. The van der Waals surface area contributed by atoms with Gasteiger partial charge < -0.3 is 0 Å². The van der Waals surface area contributed by atoms with Gasteiger partial charge in [-0.2, -0.15) is 26.3 Å². The van der Waals surface area contributed by atoms with Gasteiger partial charge in [0.15, 0.2) is 0 Å². The normalized spacial score (nSPS) is 11.8. The van der Waals surface area contributed by atoms with Crippen LogP contribution >= 0.6 is 59.9 Å². The van der Waals surface area contributed by atoms with Gasteiger partial charge in [-0.25, -0.2) is 0 Å². The average molecular weight is 1170 g/mol. The van der Waals surface area contributed by atoms with Crippen LogP contribution in [0.2, 0.25) is 0 Å². The molecule has 0 saturated carbocycles. The molecule has 6 rings (SSSR count). The molecule has 0 aromatic heterocycles. The topological polar surface area (TPSA) is 0 Å². The quantitative estimate of drug-likeness (QED) is 0.0886. The molecule has 0 saturated heterocycles. The van der Waals surface area contributed by atoms with Crippen LogP contribution in [0.3, 0.4) is 0 Å². The van der Waals surface area contributed by atoms with E-state index in [0.717, 1.165) is 43.5 Å². The minimum absolute atomic E-state index is 0. The van der Waals surface area contributed by atoms with E-state index in [4.69, 9.17) is 6.42 Å². The van der Waals surface area contributed by atoms with Crippen molar-refractivity contribution in [3.63, 3.8) is 0 Å². The summed E-state index contributed by atoms with van der Waals surface area (Å²) in [5.41, 5.74) is 2.47. The van der Waals surface area contributed by atoms with Crippen molar-refractivity contribution in [1.82, 2.24) is 0 Å². The van der Waals surface area contributed by atoms with Crippen molar-refractivity contribution in [3.8, 4) is 24.2 Å². The van der Waals surface area contributed by atoms with E-state index in [1.54, 1.807) is 19.1 Å². The van der Waals surface area contributed by atoms with E-state index in [2.05, 4.69) is 164 Å². The number of hydrogen-bond donors (Lipinski definition) is 0. The Kier molecular flexibility index (Phi) is 22.9. The van der Waals surface area contributed by atoms with Crippen molar-refractivity contribution >= 4 is 81.5 Å². The molecule has 0 spiro atoms. The van der Waals surface area contributed by atoms with Crippen LogP contribution in [0.15, 0.2) is 133 Å². The summed E-state index contributed by atoms with van der Waals surface area (Å²) >= 11 is 7.39. The summed E-state index contributed by atoms with van der Waals surface area (Å²) in [6.07, 6.45) is 0.181. The van der Waals surface area contributed by atoms with E-state index in [1.807, 2.05) is 12.1 Å². The third kappa shape index (κ3) is 17.9. The molecule has 0 aliphatic carbocycles. The van der Waals surface area contributed by atoms with Crippen LogP contribution < -0.4 is 0 Å². The van der Waals surface area contributed by atoms with Gasteiger partial charge in [0, 0.05) is 18.4 Å². The van der Waals surface area contributed by atoms with Crippen LogP contribution in [-0.4, -0.2) is 0 Å². The monoisotopic (exact) mass is 1170 g/mol. The number of benzene rings is 6. The molecule has 0 bridgehead atoms. The standard InChI is InChI=1S/C23H19F3.C16H16.C8H7F3.CH4.3HI.V/c1-17(21-15-7-12-19-11-4-5-14-22(19)21)8-2-3-9-18-10-6-13-20(16-18)23(24,25)26;1-3-4-8-13(2)15-12-7-10-14-9-5-6-11-16(14)15;1-6-3-2-4-7(5-6)8(9,10)11;;;;;/h4-7,10-17H,2,8H2,1H3;1,5-7,9-13H,4,8H2,2H3;2-5H,1H3;1H4;3*1H;/q;;;;;;;+3/p-3. The molecule has 2 atom stereocenters. The van der Waals surface area contributed by atoms with Crippen molar-refractivity contribution in [2.45, 2.75) is 78.1 Å². The van der Waals surface area contributed by atoms with Gasteiger partial charge >= 0.3 is 77.2 Å². The summed E-state index contributed by atoms with van der Waals surface area (Å²) in [6.45, 7) is 6.04. The number of terminal acetylenes is 1. The first kappa shape index (κ1) is 51.5. The maximum absolute atomic E-state index is 12.7. The number of rotatable bonds is 6. The molecule has 0 N–H and O–H groups in total. The molecule has 0 amide bonds. The Morgan fingerprint density at radius 2 is 1.00 bits per heavy atom. The van der Waals surface area contributed by atoms with Crippen molar-refractivity contribution in [2.24, 2.45) is 0 Å². The third-order valence-electron chi connectivity index (χ3n) is 8.90. The first-order valence-corrected chi connectivity index (χ1v) is 31.5. The fourth-order valence-electron chi connectivity index (χ4n) is 6.02. The fourth-order valence-corrected chi connectivity index (χ4v) is 6.02. The van der Waals surface area contributed by atoms with E-state index in [-0.39, 0.29) is 12.3 Å². The van der Waals surface area contributed by atoms with Gasteiger partial charge in [0.25, 0.3) is 0 Å². The van der Waals surface area contributed by atoms with Crippen LogP contribution in [0.25, 0.3) is 21.5 Å². The Bertz CT molecular complexity index is 2250. The summed E-state index contributed by atoms with van der Waals surface area (Å²) in [5, 5.41) is 5.13. The van der Waals surface area contributed by atoms with Gasteiger partial charge in [-0.05, 0) is 88.5 Å². The average Bonchev–Trinajstić information content (AvgIpc) is 3.18. The molecular formula is C48H46F6I3V. The van der Waals surface area contributed by atoms with E-state index in [9.17, 15) is 26.3 Å². The van der Waals surface area contributed by atoms with Crippen molar-refractivity contribution in [3.05, 3.63) is 167 Å². The van der Waals surface area contributed by atoms with Crippen molar-refractivity contribution in [2.75, 3.05) is 0 Å². The van der Waals surface area contributed by atoms with E-state index < -0.39 is 23.5 Å². The molecule has 6 aromatic carbocycles. The minimum atomic E-state index is -4.33. The summed E-state index contributed by atoms with van der Waals surface area (Å²) in [6, 6.07) is 40.0. The Hall–Kier alpha value is -2.69. The Morgan fingerprint density at radius 3 is 1.45 bits per heavy atom. The molecule has 0 aliphatic heterocycles. The second-order valence-electron chi connectivity index (χ2n) is 13.2. The van der Waals surface area contributed by atoms with Gasteiger partial charge in [-0.3, -0.25) is 0 Å². The van der Waals surface area contributed by atoms with Gasteiger partial charge in [-0.1, -0.05) is 148 Å². The van der Waals surface area contributed by atoms with Crippen molar-refractivity contribution in [1.29, 1.82) is 0 Å². The number of aryl methyl sites for hydroxylation is 1. The molecule has 0 nitrogen and oxygen atoms in total. The van der Waals surface area contributed by atoms with Crippen LogP contribution in [0.1, 0.15) is 92.2 Å². The number of halogens is 9. The maximum atomic E-state index is 12.7.